The molecule has 1 aliphatic rings. The van der Waals surface area contributed by atoms with E-state index in [1.165, 1.54) is 4.90 Å². The number of thioether (sulfide) groups is 1. The van der Waals surface area contributed by atoms with Gasteiger partial charge in [0, 0.05) is 5.02 Å². The molecule has 0 spiro atoms. The summed E-state index contributed by atoms with van der Waals surface area (Å²) in [5.74, 6) is -0.318. The maximum Gasteiger partial charge on any atom is 0.293 e. The molecule has 3 nitrogen and oxygen atoms in total. The van der Waals surface area contributed by atoms with Crippen LogP contribution in [0.1, 0.15) is 16.5 Å². The smallest absolute Gasteiger partial charge is 0.268 e. The predicted octanol–water partition coefficient (Wildman–Crippen LogP) is 5.36. The Bertz CT molecular complexity index is 790. The highest BCUT2D eigenvalue weighted by molar-refractivity contribution is 8.18. The van der Waals surface area contributed by atoms with Crippen LogP contribution >= 0.6 is 35.0 Å². The van der Waals surface area contributed by atoms with Crippen molar-refractivity contribution in [2.24, 2.45) is 0 Å². The maximum atomic E-state index is 12.5. The number of hydrogen-bond donors (Lipinski definition) is 0. The molecule has 0 aliphatic carbocycles. The van der Waals surface area contributed by atoms with Crippen LogP contribution in [-0.2, 0) is 4.79 Å². The monoisotopic (exact) mass is 377 g/mol. The minimum Gasteiger partial charge on any atom is -0.268 e. The maximum absolute atomic E-state index is 12.5. The summed E-state index contributed by atoms with van der Waals surface area (Å²) in [6.45, 7) is 0.147. The third-order valence-electron chi connectivity index (χ3n) is 3.55. The van der Waals surface area contributed by atoms with Gasteiger partial charge in [0.05, 0.1) is 16.8 Å². The van der Waals surface area contributed by atoms with E-state index in [4.69, 9.17) is 23.2 Å². The average molecular weight is 378 g/mol. The van der Waals surface area contributed by atoms with Crippen LogP contribution in [0.3, 0.4) is 0 Å². The Morgan fingerprint density at radius 2 is 1.71 bits per heavy atom. The number of halogens is 2. The highest BCUT2D eigenvalue weighted by atomic mass is 35.5. The molecule has 1 heterocycles. The van der Waals surface area contributed by atoms with Gasteiger partial charge in [-0.3, -0.25) is 14.5 Å². The Labute approximate surface area is 154 Å². The quantitative estimate of drug-likeness (QED) is 0.531. The van der Waals surface area contributed by atoms with Crippen LogP contribution in [0, 0.1) is 0 Å². The van der Waals surface area contributed by atoms with Gasteiger partial charge in [-0.05, 0) is 41.1 Å². The number of carbonyl (C=O) groups is 2. The summed E-state index contributed by atoms with van der Waals surface area (Å²) < 4.78 is 0. The number of hydrogen-bond acceptors (Lipinski definition) is 3. The fourth-order valence-electron chi connectivity index (χ4n) is 2.30. The minimum atomic E-state index is -0.436. The van der Waals surface area contributed by atoms with Crippen molar-refractivity contribution in [1.82, 2.24) is 4.90 Å². The topological polar surface area (TPSA) is 37.4 Å². The van der Waals surface area contributed by atoms with Crippen molar-refractivity contribution < 1.29 is 9.59 Å². The van der Waals surface area contributed by atoms with E-state index in [2.05, 4.69) is 0 Å². The molecule has 0 bridgehead atoms. The van der Waals surface area contributed by atoms with Crippen LogP contribution in [0.4, 0.5) is 4.79 Å². The number of benzene rings is 2. The van der Waals surface area contributed by atoms with Crippen molar-refractivity contribution in [2.75, 3.05) is 6.54 Å². The van der Waals surface area contributed by atoms with Gasteiger partial charge in [0.1, 0.15) is 0 Å². The molecule has 122 valence electrons. The summed E-state index contributed by atoms with van der Waals surface area (Å²) in [5.41, 5.74) is 1.69. The molecule has 24 heavy (non-hydrogen) atoms. The third-order valence-corrected chi connectivity index (χ3v) is 5.09. The Morgan fingerprint density at radius 3 is 2.38 bits per heavy atom. The Hall–Kier alpha value is -1.75. The first kappa shape index (κ1) is 17.1. The van der Waals surface area contributed by atoms with Crippen LogP contribution in [0.5, 0.6) is 0 Å². The summed E-state index contributed by atoms with van der Waals surface area (Å²) in [6.07, 6.45) is 1.69. The predicted molar refractivity (Wildman–Crippen MR) is 99.2 cm³/mol. The standard InChI is InChI=1S/C18H13Cl2NO2S/c19-14-8-6-12(7-9-14)10-16-17(22)21(18(23)24-16)11-15(20)13-4-2-1-3-5-13/h1-10,15H,11H2/b16-10+. The van der Waals surface area contributed by atoms with Crippen molar-refractivity contribution in [3.05, 3.63) is 75.7 Å². The van der Waals surface area contributed by atoms with Crippen molar-refractivity contribution in [1.29, 1.82) is 0 Å². The Kier molecular flexibility index (Phi) is 5.29. The number of alkyl halides is 1. The lowest BCUT2D eigenvalue weighted by molar-refractivity contribution is -0.122. The zero-order chi connectivity index (χ0) is 17.1. The molecule has 1 atom stereocenters. The van der Waals surface area contributed by atoms with Gasteiger partial charge in [0.15, 0.2) is 0 Å². The molecular weight excluding hydrogens is 365 g/mol. The zero-order valence-corrected chi connectivity index (χ0v) is 14.8. The molecule has 2 amide bonds. The molecule has 6 heteroatoms. The van der Waals surface area contributed by atoms with E-state index in [0.717, 1.165) is 22.9 Å². The molecule has 1 fully saturated rings. The van der Waals surface area contributed by atoms with E-state index >= 15 is 0 Å². The van der Waals surface area contributed by atoms with E-state index < -0.39 is 5.38 Å². The van der Waals surface area contributed by atoms with E-state index in [1.807, 2.05) is 30.3 Å². The molecule has 1 aliphatic heterocycles. The van der Waals surface area contributed by atoms with Gasteiger partial charge in [0.25, 0.3) is 11.1 Å². The molecule has 0 saturated carbocycles. The number of rotatable bonds is 4. The molecule has 3 rings (SSSR count). The molecule has 0 N–H and O–H groups in total. The van der Waals surface area contributed by atoms with Gasteiger partial charge < -0.3 is 0 Å². The lowest BCUT2D eigenvalue weighted by Crippen LogP contribution is -2.31. The number of nitrogens with zero attached hydrogens (tertiary/aromatic N) is 1. The summed E-state index contributed by atoms with van der Waals surface area (Å²) >= 11 is 13.1. The largest absolute Gasteiger partial charge is 0.293 e. The average Bonchev–Trinajstić information content (AvgIpc) is 2.85. The molecule has 1 saturated heterocycles. The Balaban J connectivity index is 1.75. The van der Waals surface area contributed by atoms with E-state index in [9.17, 15) is 9.59 Å². The van der Waals surface area contributed by atoms with Gasteiger partial charge in [-0.1, -0.05) is 54.1 Å². The first-order valence-corrected chi connectivity index (χ1v) is 8.87. The van der Waals surface area contributed by atoms with Gasteiger partial charge >= 0.3 is 0 Å². The second kappa shape index (κ2) is 7.43. The molecule has 2 aromatic carbocycles. The zero-order valence-electron chi connectivity index (χ0n) is 12.5. The molecular formula is C18H13Cl2NO2S. The SMILES string of the molecule is O=C1S/C(=C/c2ccc(Cl)cc2)C(=O)N1CC(Cl)c1ccccc1. The van der Waals surface area contributed by atoms with Crippen molar-refractivity contribution in [3.63, 3.8) is 0 Å². The van der Waals surface area contributed by atoms with Gasteiger partial charge in [0.2, 0.25) is 0 Å². The second-order valence-electron chi connectivity index (χ2n) is 5.22. The van der Waals surface area contributed by atoms with Crippen LogP contribution in [-0.4, -0.2) is 22.6 Å². The number of imide groups is 1. The first-order valence-electron chi connectivity index (χ1n) is 7.24. The molecule has 2 aromatic rings. The van der Waals surface area contributed by atoms with Crippen LogP contribution in [0.25, 0.3) is 6.08 Å². The van der Waals surface area contributed by atoms with Gasteiger partial charge in [-0.15, -0.1) is 11.6 Å². The van der Waals surface area contributed by atoms with E-state index in [-0.39, 0.29) is 17.7 Å². The third kappa shape index (κ3) is 3.83. The highest BCUT2D eigenvalue weighted by Crippen LogP contribution is 2.34. The lowest BCUT2D eigenvalue weighted by Gasteiger charge is -2.17. The normalized spacial score (nSPS) is 17.6. The van der Waals surface area contributed by atoms with E-state index in [1.54, 1.807) is 30.3 Å². The first-order chi connectivity index (χ1) is 11.5. The van der Waals surface area contributed by atoms with Crippen molar-refractivity contribution in [2.45, 2.75) is 5.38 Å². The van der Waals surface area contributed by atoms with Crippen LogP contribution < -0.4 is 0 Å². The molecule has 1 unspecified atom stereocenters. The van der Waals surface area contributed by atoms with E-state index in [0.29, 0.717) is 9.93 Å². The van der Waals surface area contributed by atoms with Crippen molar-refractivity contribution in [3.8, 4) is 0 Å². The lowest BCUT2D eigenvalue weighted by atomic mass is 10.1. The van der Waals surface area contributed by atoms with Gasteiger partial charge in [-0.2, -0.15) is 0 Å². The second-order valence-corrected chi connectivity index (χ2v) is 7.18. The molecule has 0 aromatic heterocycles. The fourth-order valence-corrected chi connectivity index (χ4v) is 3.55. The van der Waals surface area contributed by atoms with Crippen molar-refractivity contribution >= 4 is 52.2 Å². The summed E-state index contributed by atoms with van der Waals surface area (Å²) in [5, 5.41) is -0.121. The van der Waals surface area contributed by atoms with Crippen LogP contribution in [0.2, 0.25) is 5.02 Å². The summed E-state index contributed by atoms with van der Waals surface area (Å²) in [6, 6.07) is 16.5. The van der Waals surface area contributed by atoms with Crippen LogP contribution in [0.15, 0.2) is 59.5 Å². The highest BCUT2D eigenvalue weighted by Gasteiger charge is 2.36. The number of carbonyl (C=O) groups excluding carboxylic acids is 2. The summed E-state index contributed by atoms with van der Waals surface area (Å²) in [4.78, 5) is 26.2. The molecule has 0 radical (unpaired) electrons. The Morgan fingerprint density at radius 1 is 1.04 bits per heavy atom. The fraction of sp³-hybridized carbons (Fsp3) is 0.111. The van der Waals surface area contributed by atoms with Gasteiger partial charge in [-0.25, -0.2) is 0 Å². The summed E-state index contributed by atoms with van der Waals surface area (Å²) in [7, 11) is 0. The number of amides is 2. The minimum absolute atomic E-state index is 0.147.